The van der Waals surface area contributed by atoms with Gasteiger partial charge >= 0.3 is 6.03 Å². The molecule has 152 valence electrons. The van der Waals surface area contributed by atoms with Gasteiger partial charge in [0.2, 0.25) is 0 Å². The molecule has 1 aliphatic carbocycles. The number of carbonyl (C=O) groups is 2. The maximum absolute atomic E-state index is 12.7. The number of likely N-dealkylation sites (tertiary alicyclic amines) is 2. The van der Waals surface area contributed by atoms with E-state index in [-0.39, 0.29) is 24.0 Å². The summed E-state index contributed by atoms with van der Waals surface area (Å²) in [6, 6.07) is 2.33. The first-order valence-electron chi connectivity index (χ1n) is 10.8. The molecule has 5 rings (SSSR count). The summed E-state index contributed by atoms with van der Waals surface area (Å²) >= 11 is 0. The molecule has 4 aliphatic rings. The predicted octanol–water partition coefficient (Wildman–Crippen LogP) is 1.28. The third kappa shape index (κ3) is 3.27. The fourth-order valence-electron chi connectivity index (χ4n) is 5.39. The molecule has 1 aromatic rings. The summed E-state index contributed by atoms with van der Waals surface area (Å²) in [5.74, 6) is 0.876. The molecule has 0 bridgehead atoms. The second kappa shape index (κ2) is 7.39. The van der Waals surface area contributed by atoms with E-state index in [1.165, 1.54) is 25.8 Å². The number of hydrogen-bond donors (Lipinski definition) is 2. The minimum atomic E-state index is -0.0343. The number of urea groups is 1. The van der Waals surface area contributed by atoms with E-state index in [0.29, 0.717) is 24.8 Å². The molecule has 2 unspecified atom stereocenters. The summed E-state index contributed by atoms with van der Waals surface area (Å²) < 4.78 is 0. The lowest BCUT2D eigenvalue weighted by atomic mass is 9.84. The van der Waals surface area contributed by atoms with E-state index in [4.69, 9.17) is 0 Å². The molecule has 3 aliphatic heterocycles. The Hall–Kier alpha value is -2.09. The molecule has 0 radical (unpaired) electrons. The van der Waals surface area contributed by atoms with Crippen LogP contribution in [0.1, 0.15) is 49.0 Å². The number of hydrogen-bond acceptors (Lipinski definition) is 4. The highest BCUT2D eigenvalue weighted by Crippen LogP contribution is 2.31. The highest BCUT2D eigenvalue weighted by atomic mass is 16.2. The standard InChI is InChI=1S/C20H30N6O2/c27-19(16-4-8-21-23-16)25-11-7-18-17(13-25)22-20(28)26(18)15-5-9-24(10-6-15)12-14-2-1-3-14/h4,8,14-15,17-18H,1-3,5-7,9-13H2,(H,21,23)(H,22,28). The maximum Gasteiger partial charge on any atom is 0.318 e. The highest BCUT2D eigenvalue weighted by molar-refractivity contribution is 5.92. The molecular formula is C20H30N6O2. The SMILES string of the molecule is O=C(c1ccn[nH]1)N1CCC2C(C1)NC(=O)N2C1CCN(CC2CCC2)CC1. The summed E-state index contributed by atoms with van der Waals surface area (Å²) in [5.41, 5.74) is 0.512. The molecule has 1 saturated carbocycles. The van der Waals surface area contributed by atoms with Crippen molar-refractivity contribution in [1.29, 1.82) is 0 Å². The Kier molecular flexibility index (Phi) is 4.74. The smallest absolute Gasteiger partial charge is 0.318 e. The van der Waals surface area contributed by atoms with Crippen molar-refractivity contribution < 1.29 is 9.59 Å². The Morgan fingerprint density at radius 3 is 2.64 bits per heavy atom. The minimum Gasteiger partial charge on any atom is -0.335 e. The number of fused-ring (bicyclic) bond motifs is 1. The number of aromatic amines is 1. The number of nitrogens with one attached hydrogen (secondary N) is 2. The van der Waals surface area contributed by atoms with Gasteiger partial charge in [0.1, 0.15) is 5.69 Å². The van der Waals surface area contributed by atoms with E-state index >= 15 is 0 Å². The van der Waals surface area contributed by atoms with E-state index in [1.54, 1.807) is 12.3 Å². The fraction of sp³-hybridized carbons (Fsp3) is 0.750. The zero-order chi connectivity index (χ0) is 19.1. The van der Waals surface area contributed by atoms with Crippen LogP contribution in [0.5, 0.6) is 0 Å². The summed E-state index contributed by atoms with van der Waals surface area (Å²) in [6.45, 7) is 4.71. The normalized spacial score (nSPS) is 29.5. The predicted molar refractivity (Wildman–Crippen MR) is 104 cm³/mol. The number of rotatable bonds is 4. The zero-order valence-corrected chi connectivity index (χ0v) is 16.3. The number of piperidine rings is 2. The number of nitrogens with zero attached hydrogens (tertiary/aromatic N) is 4. The second-order valence-corrected chi connectivity index (χ2v) is 8.87. The van der Waals surface area contributed by atoms with Crippen LogP contribution in [-0.4, -0.2) is 87.7 Å². The molecule has 0 spiro atoms. The van der Waals surface area contributed by atoms with E-state index in [0.717, 1.165) is 38.3 Å². The lowest BCUT2D eigenvalue weighted by Gasteiger charge is -2.43. The average molecular weight is 387 g/mol. The van der Waals surface area contributed by atoms with Crippen molar-refractivity contribution in [2.24, 2.45) is 5.92 Å². The Bertz CT molecular complexity index is 710. The van der Waals surface area contributed by atoms with Crippen molar-refractivity contribution in [2.45, 2.75) is 56.7 Å². The third-order valence-corrected chi connectivity index (χ3v) is 7.19. The summed E-state index contributed by atoms with van der Waals surface area (Å²) in [6.07, 6.45) is 8.76. The van der Waals surface area contributed by atoms with Crippen LogP contribution in [0.25, 0.3) is 0 Å². The molecule has 2 atom stereocenters. The molecule has 8 nitrogen and oxygen atoms in total. The van der Waals surface area contributed by atoms with Gasteiger partial charge < -0.3 is 20.0 Å². The maximum atomic E-state index is 12.7. The van der Waals surface area contributed by atoms with Crippen LogP contribution in [0.4, 0.5) is 4.79 Å². The van der Waals surface area contributed by atoms with Crippen molar-refractivity contribution in [3.63, 3.8) is 0 Å². The van der Waals surface area contributed by atoms with Crippen LogP contribution in [0.15, 0.2) is 12.3 Å². The average Bonchev–Trinajstić information content (AvgIpc) is 3.31. The van der Waals surface area contributed by atoms with Gasteiger partial charge in [-0.2, -0.15) is 5.10 Å². The first-order chi connectivity index (χ1) is 13.7. The molecule has 4 heterocycles. The highest BCUT2D eigenvalue weighted by Gasteiger charge is 2.46. The summed E-state index contributed by atoms with van der Waals surface area (Å²) in [7, 11) is 0. The quantitative estimate of drug-likeness (QED) is 0.817. The van der Waals surface area contributed by atoms with Gasteiger partial charge in [0.15, 0.2) is 0 Å². The van der Waals surface area contributed by atoms with Crippen molar-refractivity contribution in [3.05, 3.63) is 18.0 Å². The van der Waals surface area contributed by atoms with Crippen LogP contribution in [0, 0.1) is 5.92 Å². The molecule has 1 aromatic heterocycles. The number of amides is 3. The van der Waals surface area contributed by atoms with Gasteiger partial charge in [-0.15, -0.1) is 0 Å². The summed E-state index contributed by atoms with van der Waals surface area (Å²) in [5, 5.41) is 9.76. The third-order valence-electron chi connectivity index (χ3n) is 7.19. The van der Waals surface area contributed by atoms with Crippen molar-refractivity contribution in [1.82, 2.24) is 30.2 Å². The van der Waals surface area contributed by atoms with Gasteiger partial charge in [-0.05, 0) is 44.1 Å². The number of H-pyrrole nitrogens is 1. The summed E-state index contributed by atoms with van der Waals surface area (Å²) in [4.78, 5) is 31.9. The molecular weight excluding hydrogens is 356 g/mol. The van der Waals surface area contributed by atoms with Gasteiger partial charge in [-0.25, -0.2) is 4.79 Å². The van der Waals surface area contributed by atoms with Gasteiger partial charge in [-0.3, -0.25) is 9.89 Å². The van der Waals surface area contributed by atoms with E-state index in [2.05, 4.69) is 25.3 Å². The van der Waals surface area contributed by atoms with Crippen molar-refractivity contribution >= 4 is 11.9 Å². The fourth-order valence-corrected chi connectivity index (χ4v) is 5.39. The Labute approximate surface area is 165 Å². The first kappa shape index (κ1) is 18.0. The molecule has 4 fully saturated rings. The van der Waals surface area contributed by atoms with Crippen molar-refractivity contribution in [2.75, 3.05) is 32.7 Å². The number of carbonyl (C=O) groups excluding carboxylic acids is 2. The Morgan fingerprint density at radius 2 is 1.96 bits per heavy atom. The van der Waals surface area contributed by atoms with Gasteiger partial charge in [0.25, 0.3) is 5.91 Å². The molecule has 3 amide bonds. The van der Waals surface area contributed by atoms with Gasteiger partial charge in [0.05, 0.1) is 12.1 Å². The molecule has 28 heavy (non-hydrogen) atoms. The monoisotopic (exact) mass is 386 g/mol. The molecule has 2 N–H and O–H groups in total. The largest absolute Gasteiger partial charge is 0.335 e. The Balaban J connectivity index is 1.18. The lowest BCUT2D eigenvalue weighted by molar-refractivity contribution is 0.0563. The van der Waals surface area contributed by atoms with E-state index in [9.17, 15) is 9.59 Å². The molecule has 8 heteroatoms. The minimum absolute atomic E-state index is 0.0288. The van der Waals surface area contributed by atoms with Crippen LogP contribution >= 0.6 is 0 Å². The van der Waals surface area contributed by atoms with Crippen LogP contribution < -0.4 is 5.32 Å². The lowest BCUT2D eigenvalue weighted by Crippen LogP contribution is -2.55. The first-order valence-corrected chi connectivity index (χ1v) is 10.8. The topological polar surface area (TPSA) is 84.6 Å². The Morgan fingerprint density at radius 1 is 1.14 bits per heavy atom. The number of aromatic nitrogens is 2. The second-order valence-electron chi connectivity index (χ2n) is 8.87. The van der Waals surface area contributed by atoms with E-state index in [1.807, 2.05) is 4.90 Å². The van der Waals surface area contributed by atoms with Gasteiger partial charge in [-0.1, -0.05) is 6.42 Å². The molecule has 3 saturated heterocycles. The van der Waals surface area contributed by atoms with Gasteiger partial charge in [0, 0.05) is 45.0 Å². The zero-order valence-electron chi connectivity index (χ0n) is 16.3. The van der Waals surface area contributed by atoms with Crippen LogP contribution in [-0.2, 0) is 0 Å². The van der Waals surface area contributed by atoms with Crippen LogP contribution in [0.3, 0.4) is 0 Å². The molecule has 0 aromatic carbocycles. The van der Waals surface area contributed by atoms with Crippen LogP contribution in [0.2, 0.25) is 0 Å². The van der Waals surface area contributed by atoms with Crippen molar-refractivity contribution in [3.8, 4) is 0 Å². The van der Waals surface area contributed by atoms with E-state index < -0.39 is 0 Å².